The topological polar surface area (TPSA) is 45.2 Å². The van der Waals surface area contributed by atoms with Gasteiger partial charge in [-0.1, -0.05) is 38.8 Å². The van der Waals surface area contributed by atoms with Gasteiger partial charge in [0.15, 0.2) is 0 Å². The van der Waals surface area contributed by atoms with Crippen LogP contribution in [0, 0.1) is 11.8 Å². The van der Waals surface area contributed by atoms with Gasteiger partial charge < -0.3 is 5.32 Å². The molecule has 0 radical (unpaired) electrons. The molecule has 130 valence electrons. The maximum Gasteiger partial charge on any atom is 0.234 e. The quantitative estimate of drug-likeness (QED) is 0.899. The second kappa shape index (κ2) is 7.62. The minimum absolute atomic E-state index is 0.129. The Morgan fingerprint density at radius 2 is 2.12 bits per heavy atom. The second-order valence-corrected chi connectivity index (χ2v) is 8.30. The van der Waals surface area contributed by atoms with Crippen LogP contribution in [0.3, 0.4) is 0 Å². The van der Waals surface area contributed by atoms with Crippen LogP contribution in [-0.4, -0.2) is 35.4 Å². The highest BCUT2D eigenvalue weighted by molar-refractivity contribution is 7.18. The van der Waals surface area contributed by atoms with Crippen molar-refractivity contribution >= 4 is 27.5 Å². The summed E-state index contributed by atoms with van der Waals surface area (Å²) < 4.78 is 1.20. The van der Waals surface area contributed by atoms with Crippen molar-refractivity contribution in [3.63, 3.8) is 0 Å². The highest BCUT2D eigenvalue weighted by Gasteiger charge is 2.28. The number of aromatic nitrogens is 1. The van der Waals surface area contributed by atoms with Crippen LogP contribution in [0.4, 0.5) is 0 Å². The number of amides is 1. The summed E-state index contributed by atoms with van der Waals surface area (Å²) in [5, 5.41) is 4.31. The van der Waals surface area contributed by atoms with Crippen LogP contribution in [0.5, 0.6) is 0 Å². The zero-order chi connectivity index (χ0) is 17.1. The lowest BCUT2D eigenvalue weighted by molar-refractivity contribution is -0.123. The summed E-state index contributed by atoms with van der Waals surface area (Å²) >= 11 is 1.70. The molecule has 1 aromatic carbocycles. The fourth-order valence-corrected chi connectivity index (χ4v) is 4.61. The molecule has 0 aliphatic heterocycles. The van der Waals surface area contributed by atoms with Crippen molar-refractivity contribution in [2.45, 2.75) is 45.7 Å². The van der Waals surface area contributed by atoms with Crippen LogP contribution < -0.4 is 5.32 Å². The minimum atomic E-state index is 0.129. The average Bonchev–Trinajstić information content (AvgIpc) is 2.93. The summed E-state index contributed by atoms with van der Waals surface area (Å²) in [4.78, 5) is 19.1. The number of rotatable bonds is 5. The van der Waals surface area contributed by atoms with E-state index in [4.69, 9.17) is 0 Å². The van der Waals surface area contributed by atoms with Crippen molar-refractivity contribution in [3.8, 4) is 0 Å². The summed E-state index contributed by atoms with van der Waals surface area (Å²) in [6.45, 7) is 5.69. The summed E-state index contributed by atoms with van der Waals surface area (Å²) in [6, 6.07) is 8.50. The van der Waals surface area contributed by atoms with Gasteiger partial charge in [0.1, 0.15) is 5.01 Å². The number of benzene rings is 1. The van der Waals surface area contributed by atoms with Gasteiger partial charge in [-0.2, -0.15) is 0 Å². The van der Waals surface area contributed by atoms with Crippen molar-refractivity contribution in [2.24, 2.45) is 11.8 Å². The fourth-order valence-electron chi connectivity index (χ4n) is 3.56. The van der Waals surface area contributed by atoms with Gasteiger partial charge in [0.25, 0.3) is 0 Å². The molecule has 4 nitrogen and oxygen atoms in total. The highest BCUT2D eigenvalue weighted by Crippen LogP contribution is 2.29. The number of likely N-dealkylation sites (N-methyl/N-ethyl adjacent to an activating group) is 1. The number of nitrogens with one attached hydrogen (secondary N) is 1. The molecule has 1 heterocycles. The molecule has 3 atom stereocenters. The predicted molar refractivity (Wildman–Crippen MR) is 100 cm³/mol. The molecule has 1 aliphatic rings. The van der Waals surface area contributed by atoms with E-state index in [2.05, 4.69) is 30.2 Å². The summed E-state index contributed by atoms with van der Waals surface area (Å²) in [5.41, 5.74) is 1.04. The van der Waals surface area contributed by atoms with Gasteiger partial charge in [-0.3, -0.25) is 9.69 Å². The molecule has 0 saturated heterocycles. The first-order valence-corrected chi connectivity index (χ1v) is 9.67. The predicted octanol–water partition coefficient (Wildman–Crippen LogP) is 3.67. The van der Waals surface area contributed by atoms with E-state index in [9.17, 15) is 4.79 Å². The number of nitrogens with zero attached hydrogens (tertiary/aromatic N) is 2. The SMILES string of the molecule is C[C@@H]1[C@@H](C)CCC[C@H]1NC(=O)CN(C)Cc1nc2ccccc2s1. The molecule has 1 N–H and O–H groups in total. The molecule has 2 aromatic rings. The van der Waals surface area contributed by atoms with Crippen LogP contribution in [0.1, 0.15) is 38.1 Å². The minimum Gasteiger partial charge on any atom is -0.352 e. The van der Waals surface area contributed by atoms with Gasteiger partial charge in [0.2, 0.25) is 5.91 Å². The molecule has 24 heavy (non-hydrogen) atoms. The van der Waals surface area contributed by atoms with E-state index in [1.165, 1.54) is 17.5 Å². The van der Waals surface area contributed by atoms with Gasteiger partial charge in [-0.05, 0) is 37.4 Å². The molecular formula is C19H27N3OS. The first-order valence-electron chi connectivity index (χ1n) is 8.85. The summed E-state index contributed by atoms with van der Waals surface area (Å²) in [6.07, 6.45) is 3.61. The van der Waals surface area contributed by atoms with Crippen molar-refractivity contribution in [1.82, 2.24) is 15.2 Å². The van der Waals surface area contributed by atoms with Gasteiger partial charge in [-0.15, -0.1) is 11.3 Å². The van der Waals surface area contributed by atoms with Crippen molar-refractivity contribution in [1.29, 1.82) is 0 Å². The molecule has 0 unspecified atom stereocenters. The van der Waals surface area contributed by atoms with Crippen molar-refractivity contribution in [3.05, 3.63) is 29.3 Å². The van der Waals surface area contributed by atoms with E-state index in [-0.39, 0.29) is 5.91 Å². The monoisotopic (exact) mass is 345 g/mol. The zero-order valence-corrected chi connectivity index (χ0v) is 15.6. The summed E-state index contributed by atoms with van der Waals surface area (Å²) in [7, 11) is 1.98. The van der Waals surface area contributed by atoms with Gasteiger partial charge in [-0.25, -0.2) is 4.98 Å². The maximum atomic E-state index is 12.4. The van der Waals surface area contributed by atoms with Crippen molar-refractivity contribution in [2.75, 3.05) is 13.6 Å². The van der Waals surface area contributed by atoms with E-state index in [0.29, 0.717) is 31.0 Å². The molecule has 0 bridgehead atoms. The molecule has 1 amide bonds. The Kier molecular flexibility index (Phi) is 5.51. The number of thiazole rings is 1. The number of fused-ring (bicyclic) bond motifs is 1. The third-order valence-corrected chi connectivity index (χ3v) is 6.23. The molecule has 5 heteroatoms. The third-order valence-electron chi connectivity index (χ3n) is 5.21. The molecule has 3 rings (SSSR count). The molecule has 1 aromatic heterocycles. The molecule has 1 aliphatic carbocycles. The lowest BCUT2D eigenvalue weighted by Crippen LogP contribution is -2.46. The van der Waals surface area contributed by atoms with Crippen LogP contribution in [0.15, 0.2) is 24.3 Å². The van der Waals surface area contributed by atoms with Gasteiger partial charge >= 0.3 is 0 Å². The molecule has 0 spiro atoms. The Labute approximate surface area is 148 Å². The normalized spacial score (nSPS) is 24.4. The Balaban J connectivity index is 1.52. The first kappa shape index (κ1) is 17.4. The lowest BCUT2D eigenvalue weighted by atomic mass is 9.78. The Morgan fingerprint density at radius 1 is 1.33 bits per heavy atom. The number of hydrogen-bond acceptors (Lipinski definition) is 4. The zero-order valence-electron chi connectivity index (χ0n) is 14.8. The van der Waals surface area contributed by atoms with E-state index in [1.54, 1.807) is 11.3 Å². The number of para-hydroxylation sites is 1. The first-order chi connectivity index (χ1) is 11.5. The highest BCUT2D eigenvalue weighted by atomic mass is 32.1. The third kappa shape index (κ3) is 4.14. The van der Waals surface area contributed by atoms with Crippen LogP contribution in [0.2, 0.25) is 0 Å². The van der Waals surface area contributed by atoms with Crippen LogP contribution in [-0.2, 0) is 11.3 Å². The Bertz CT molecular complexity index is 666. The van der Waals surface area contributed by atoms with Crippen molar-refractivity contribution < 1.29 is 4.79 Å². The largest absolute Gasteiger partial charge is 0.352 e. The number of hydrogen-bond donors (Lipinski definition) is 1. The van der Waals surface area contributed by atoms with E-state index < -0.39 is 0 Å². The van der Waals surface area contributed by atoms with E-state index in [0.717, 1.165) is 16.9 Å². The van der Waals surface area contributed by atoms with Crippen LogP contribution >= 0.6 is 11.3 Å². The van der Waals surface area contributed by atoms with E-state index in [1.807, 2.05) is 30.1 Å². The number of carbonyl (C=O) groups excluding carboxylic acids is 1. The maximum absolute atomic E-state index is 12.4. The van der Waals surface area contributed by atoms with Crippen LogP contribution in [0.25, 0.3) is 10.2 Å². The van der Waals surface area contributed by atoms with Gasteiger partial charge in [0.05, 0.1) is 23.3 Å². The second-order valence-electron chi connectivity index (χ2n) is 7.19. The smallest absolute Gasteiger partial charge is 0.234 e. The number of carbonyl (C=O) groups is 1. The fraction of sp³-hybridized carbons (Fsp3) is 0.579. The molecule has 1 fully saturated rings. The summed E-state index contributed by atoms with van der Waals surface area (Å²) in [5.74, 6) is 1.39. The van der Waals surface area contributed by atoms with Gasteiger partial charge in [0, 0.05) is 6.04 Å². The Hall–Kier alpha value is -1.46. The lowest BCUT2D eigenvalue weighted by Gasteiger charge is -2.34. The molecular weight excluding hydrogens is 318 g/mol. The van der Waals surface area contributed by atoms with E-state index >= 15 is 0 Å². The molecule has 1 saturated carbocycles. The Morgan fingerprint density at radius 3 is 2.92 bits per heavy atom. The average molecular weight is 346 g/mol. The standard InChI is InChI=1S/C19H27N3OS/c1-13-7-6-9-15(14(13)2)20-18(23)11-22(3)12-19-21-16-8-4-5-10-17(16)24-19/h4-5,8,10,13-15H,6-7,9,11-12H2,1-3H3,(H,20,23)/t13-,14+,15+/m0/s1.